The molecule has 1 aromatic carbocycles. The number of carbonyl (C=O) groups excluding carboxylic acids is 2. The van der Waals surface area contributed by atoms with Gasteiger partial charge in [0, 0.05) is 37.7 Å². The van der Waals surface area contributed by atoms with Gasteiger partial charge in [0.15, 0.2) is 11.5 Å². The molecule has 1 fully saturated rings. The molecule has 29 heavy (non-hydrogen) atoms. The highest BCUT2D eigenvalue weighted by atomic mass is 16.6. The Hall–Kier alpha value is -3.09. The Morgan fingerprint density at radius 1 is 1.17 bits per heavy atom. The lowest BCUT2D eigenvalue weighted by Gasteiger charge is -2.37. The van der Waals surface area contributed by atoms with E-state index in [0.717, 1.165) is 18.5 Å². The summed E-state index contributed by atoms with van der Waals surface area (Å²) in [6, 6.07) is 10.8. The predicted octanol–water partition coefficient (Wildman–Crippen LogP) is 2.58. The van der Waals surface area contributed by atoms with E-state index < -0.39 is 0 Å². The number of benzene rings is 1. The lowest BCUT2D eigenvalue weighted by atomic mass is 9.88. The van der Waals surface area contributed by atoms with Crippen molar-refractivity contribution in [2.75, 3.05) is 26.3 Å². The number of amides is 2. The SMILES string of the molecule is CC(=O)NC(c1ccccn1)C1CCCN(C(=O)c2ccc3c(c2)OCCO3)C1. The van der Waals surface area contributed by atoms with Crippen LogP contribution < -0.4 is 14.8 Å². The fraction of sp³-hybridized carbons (Fsp3) is 0.409. The Balaban J connectivity index is 1.52. The number of ether oxygens (including phenoxy) is 2. The van der Waals surface area contributed by atoms with E-state index in [0.29, 0.717) is 43.4 Å². The number of carbonyl (C=O) groups is 2. The van der Waals surface area contributed by atoms with Gasteiger partial charge >= 0.3 is 0 Å². The van der Waals surface area contributed by atoms with E-state index in [2.05, 4.69) is 10.3 Å². The van der Waals surface area contributed by atoms with Crippen molar-refractivity contribution in [3.05, 3.63) is 53.9 Å². The van der Waals surface area contributed by atoms with Gasteiger partial charge in [-0.1, -0.05) is 6.07 Å². The first kappa shape index (κ1) is 19.2. The summed E-state index contributed by atoms with van der Waals surface area (Å²) in [5.74, 6) is 1.25. The summed E-state index contributed by atoms with van der Waals surface area (Å²) in [6.07, 6.45) is 3.53. The zero-order valence-electron chi connectivity index (χ0n) is 16.5. The number of hydrogen-bond donors (Lipinski definition) is 1. The number of nitrogens with zero attached hydrogens (tertiary/aromatic N) is 2. The third kappa shape index (κ3) is 4.34. The summed E-state index contributed by atoms with van der Waals surface area (Å²) in [6.45, 7) is 3.77. The zero-order valence-corrected chi connectivity index (χ0v) is 16.5. The zero-order chi connectivity index (χ0) is 20.2. The lowest BCUT2D eigenvalue weighted by Crippen LogP contribution is -2.45. The van der Waals surface area contributed by atoms with Crippen LogP contribution in [0.4, 0.5) is 0 Å². The summed E-state index contributed by atoms with van der Waals surface area (Å²) in [7, 11) is 0. The Kier molecular flexibility index (Phi) is 5.64. The predicted molar refractivity (Wildman–Crippen MR) is 107 cm³/mol. The van der Waals surface area contributed by atoms with Crippen LogP contribution in [0.3, 0.4) is 0 Å². The van der Waals surface area contributed by atoms with Gasteiger partial charge in [-0.2, -0.15) is 0 Å². The van der Waals surface area contributed by atoms with E-state index in [4.69, 9.17) is 9.47 Å². The topological polar surface area (TPSA) is 80.8 Å². The van der Waals surface area contributed by atoms with Crippen molar-refractivity contribution in [2.24, 2.45) is 5.92 Å². The number of nitrogens with one attached hydrogen (secondary N) is 1. The van der Waals surface area contributed by atoms with Gasteiger partial charge in [-0.15, -0.1) is 0 Å². The average Bonchev–Trinajstić information content (AvgIpc) is 2.77. The molecule has 0 aliphatic carbocycles. The standard InChI is InChI=1S/C22H25N3O4/c1-15(26)24-21(18-6-2-3-9-23-18)17-5-4-10-25(14-17)22(27)16-7-8-19-20(13-16)29-12-11-28-19/h2-3,6-9,13,17,21H,4-5,10-12,14H2,1H3,(H,24,26). The van der Waals surface area contributed by atoms with E-state index in [-0.39, 0.29) is 23.8 Å². The molecule has 1 saturated heterocycles. The third-order valence-corrected chi connectivity index (χ3v) is 5.37. The minimum absolute atomic E-state index is 0.0331. The molecule has 2 aliphatic heterocycles. The summed E-state index contributed by atoms with van der Waals surface area (Å²) in [5, 5.41) is 3.03. The second kappa shape index (κ2) is 8.51. The Morgan fingerprint density at radius 2 is 2.00 bits per heavy atom. The molecule has 0 spiro atoms. The van der Waals surface area contributed by atoms with E-state index in [1.807, 2.05) is 23.1 Å². The fourth-order valence-electron chi connectivity index (χ4n) is 4.04. The molecule has 2 unspecified atom stereocenters. The number of pyridine rings is 1. The van der Waals surface area contributed by atoms with Gasteiger partial charge in [0.05, 0.1) is 11.7 Å². The van der Waals surface area contributed by atoms with Gasteiger partial charge in [0.25, 0.3) is 5.91 Å². The lowest BCUT2D eigenvalue weighted by molar-refractivity contribution is -0.120. The first-order valence-electron chi connectivity index (χ1n) is 9.99. The monoisotopic (exact) mass is 395 g/mol. The molecular formula is C22H25N3O4. The van der Waals surface area contributed by atoms with Crippen molar-refractivity contribution < 1.29 is 19.1 Å². The van der Waals surface area contributed by atoms with Crippen LogP contribution in [0, 0.1) is 5.92 Å². The van der Waals surface area contributed by atoms with Crippen LogP contribution in [0.5, 0.6) is 11.5 Å². The van der Waals surface area contributed by atoms with Gasteiger partial charge in [-0.05, 0) is 43.2 Å². The molecular weight excluding hydrogens is 370 g/mol. The van der Waals surface area contributed by atoms with Crippen molar-refractivity contribution >= 4 is 11.8 Å². The second-order valence-electron chi connectivity index (χ2n) is 7.44. The number of likely N-dealkylation sites (tertiary alicyclic amines) is 1. The van der Waals surface area contributed by atoms with Crippen molar-refractivity contribution in [1.29, 1.82) is 0 Å². The van der Waals surface area contributed by atoms with E-state index >= 15 is 0 Å². The minimum Gasteiger partial charge on any atom is -0.486 e. The maximum Gasteiger partial charge on any atom is 0.254 e. The molecule has 1 aromatic heterocycles. The van der Waals surface area contributed by atoms with Gasteiger partial charge in [0.2, 0.25) is 5.91 Å². The van der Waals surface area contributed by atoms with Gasteiger partial charge in [-0.3, -0.25) is 14.6 Å². The Morgan fingerprint density at radius 3 is 2.76 bits per heavy atom. The van der Waals surface area contributed by atoms with Crippen LogP contribution in [0.2, 0.25) is 0 Å². The Bertz CT molecular complexity index is 887. The summed E-state index contributed by atoms with van der Waals surface area (Å²) in [4.78, 5) is 31.2. The quantitative estimate of drug-likeness (QED) is 0.861. The molecule has 0 bridgehead atoms. The molecule has 152 valence electrons. The summed E-state index contributed by atoms with van der Waals surface area (Å²) >= 11 is 0. The number of hydrogen-bond acceptors (Lipinski definition) is 5. The fourth-order valence-corrected chi connectivity index (χ4v) is 4.04. The molecule has 2 aliphatic rings. The highest BCUT2D eigenvalue weighted by Crippen LogP contribution is 2.33. The molecule has 0 radical (unpaired) electrons. The van der Waals surface area contributed by atoms with Gasteiger partial charge in [0.1, 0.15) is 13.2 Å². The molecule has 2 amide bonds. The van der Waals surface area contributed by atoms with Crippen LogP contribution in [0.15, 0.2) is 42.6 Å². The first-order valence-corrected chi connectivity index (χ1v) is 9.99. The van der Waals surface area contributed by atoms with Crippen molar-refractivity contribution in [3.63, 3.8) is 0 Å². The van der Waals surface area contributed by atoms with Gasteiger partial charge < -0.3 is 19.7 Å². The second-order valence-corrected chi connectivity index (χ2v) is 7.44. The minimum atomic E-state index is -0.218. The van der Waals surface area contributed by atoms with Crippen molar-refractivity contribution in [2.45, 2.75) is 25.8 Å². The maximum absolute atomic E-state index is 13.1. The molecule has 3 heterocycles. The van der Waals surface area contributed by atoms with E-state index in [9.17, 15) is 9.59 Å². The van der Waals surface area contributed by atoms with Crippen LogP contribution >= 0.6 is 0 Å². The normalized spacial score (nSPS) is 19.3. The number of rotatable bonds is 4. The van der Waals surface area contributed by atoms with Crippen molar-refractivity contribution in [3.8, 4) is 11.5 Å². The molecule has 4 rings (SSSR count). The number of piperidine rings is 1. The van der Waals surface area contributed by atoms with Crippen LogP contribution in [0.1, 0.15) is 41.9 Å². The highest BCUT2D eigenvalue weighted by molar-refractivity contribution is 5.95. The van der Waals surface area contributed by atoms with Crippen molar-refractivity contribution in [1.82, 2.24) is 15.2 Å². The molecule has 7 heteroatoms. The molecule has 2 atom stereocenters. The highest BCUT2D eigenvalue weighted by Gasteiger charge is 2.32. The van der Waals surface area contributed by atoms with Crippen LogP contribution in [-0.2, 0) is 4.79 Å². The van der Waals surface area contributed by atoms with Gasteiger partial charge in [-0.25, -0.2) is 0 Å². The number of aromatic nitrogens is 1. The van der Waals surface area contributed by atoms with Crippen LogP contribution in [-0.4, -0.2) is 48.0 Å². The Labute approximate surface area is 170 Å². The molecule has 0 saturated carbocycles. The number of fused-ring (bicyclic) bond motifs is 1. The van der Waals surface area contributed by atoms with Crippen LogP contribution in [0.25, 0.3) is 0 Å². The maximum atomic E-state index is 13.1. The molecule has 7 nitrogen and oxygen atoms in total. The van der Waals surface area contributed by atoms with E-state index in [1.54, 1.807) is 24.4 Å². The smallest absolute Gasteiger partial charge is 0.254 e. The molecule has 2 aromatic rings. The molecule has 1 N–H and O–H groups in total. The first-order chi connectivity index (χ1) is 14.1. The largest absolute Gasteiger partial charge is 0.486 e. The summed E-state index contributed by atoms with van der Waals surface area (Å²) < 4.78 is 11.2. The van der Waals surface area contributed by atoms with E-state index in [1.165, 1.54) is 6.92 Å². The average molecular weight is 395 g/mol. The summed E-state index contributed by atoms with van der Waals surface area (Å²) in [5.41, 5.74) is 1.41. The third-order valence-electron chi connectivity index (χ3n) is 5.37.